The summed E-state index contributed by atoms with van der Waals surface area (Å²) in [4.78, 5) is 18.9. The molecule has 1 aliphatic heterocycles. The molecule has 0 bridgehead atoms. The molecule has 5 heteroatoms. The highest BCUT2D eigenvalue weighted by molar-refractivity contribution is 8.13. The second kappa shape index (κ2) is 5.23. The highest BCUT2D eigenvalue weighted by Crippen LogP contribution is 2.20. The standard InChI is InChI=1S/C12H14N2O2S/c1-14(11-8-10(17-2)13-16-11)12(15)9-6-4-3-5-7-9/h3-7,11H,8H2,1-2H3. The zero-order valence-electron chi connectivity index (χ0n) is 9.79. The molecule has 1 amide bonds. The van der Waals surface area contributed by atoms with Crippen molar-refractivity contribution in [2.75, 3.05) is 13.3 Å². The zero-order valence-corrected chi connectivity index (χ0v) is 10.6. The third-order valence-corrected chi connectivity index (χ3v) is 3.35. The molecule has 1 aromatic carbocycles. The van der Waals surface area contributed by atoms with Gasteiger partial charge in [0.1, 0.15) is 5.04 Å². The van der Waals surface area contributed by atoms with Gasteiger partial charge in [-0.25, -0.2) is 0 Å². The van der Waals surface area contributed by atoms with E-state index in [-0.39, 0.29) is 12.1 Å². The van der Waals surface area contributed by atoms with Crippen LogP contribution in [0.25, 0.3) is 0 Å². The molecule has 4 nitrogen and oxygen atoms in total. The molecule has 17 heavy (non-hydrogen) atoms. The molecule has 0 radical (unpaired) electrons. The van der Waals surface area contributed by atoms with Crippen molar-refractivity contribution in [1.82, 2.24) is 4.90 Å². The highest BCUT2D eigenvalue weighted by Gasteiger charge is 2.28. The minimum absolute atomic E-state index is 0.0480. The quantitative estimate of drug-likeness (QED) is 0.808. The number of nitrogens with zero attached hydrogens (tertiary/aromatic N) is 2. The van der Waals surface area contributed by atoms with Crippen LogP contribution in [0.5, 0.6) is 0 Å². The Labute approximate surface area is 105 Å². The predicted molar refractivity (Wildman–Crippen MR) is 69.0 cm³/mol. The van der Waals surface area contributed by atoms with E-state index < -0.39 is 0 Å². The van der Waals surface area contributed by atoms with Crippen LogP contribution in [-0.4, -0.2) is 35.4 Å². The molecule has 1 aromatic rings. The number of carbonyl (C=O) groups excluding carboxylic acids is 1. The van der Waals surface area contributed by atoms with Crippen molar-refractivity contribution >= 4 is 22.7 Å². The van der Waals surface area contributed by atoms with Gasteiger partial charge in [0.25, 0.3) is 5.91 Å². The first-order valence-corrected chi connectivity index (χ1v) is 6.53. The molecule has 0 aromatic heterocycles. The Bertz CT molecular complexity index is 433. The van der Waals surface area contributed by atoms with Crippen LogP contribution in [-0.2, 0) is 4.84 Å². The maximum atomic E-state index is 12.1. The lowest BCUT2D eigenvalue weighted by atomic mass is 10.2. The fourth-order valence-corrected chi connectivity index (χ4v) is 2.01. The van der Waals surface area contributed by atoms with E-state index in [0.717, 1.165) is 5.04 Å². The van der Waals surface area contributed by atoms with E-state index in [1.54, 1.807) is 35.8 Å². The van der Waals surface area contributed by atoms with E-state index in [9.17, 15) is 4.79 Å². The van der Waals surface area contributed by atoms with Gasteiger partial charge in [0.2, 0.25) is 6.23 Å². The number of oxime groups is 1. The van der Waals surface area contributed by atoms with Crippen LogP contribution in [0.2, 0.25) is 0 Å². The number of benzene rings is 1. The Balaban J connectivity index is 2.02. The maximum Gasteiger partial charge on any atom is 0.256 e. The molecule has 0 fully saturated rings. The van der Waals surface area contributed by atoms with Crippen LogP contribution in [0.4, 0.5) is 0 Å². The van der Waals surface area contributed by atoms with E-state index in [0.29, 0.717) is 12.0 Å². The van der Waals surface area contributed by atoms with Gasteiger partial charge in [0.05, 0.1) is 6.42 Å². The lowest BCUT2D eigenvalue weighted by molar-refractivity contribution is -0.0145. The van der Waals surface area contributed by atoms with E-state index in [1.807, 2.05) is 24.5 Å². The SMILES string of the molecule is CSC1=NOC(N(C)C(=O)c2ccccc2)C1. The van der Waals surface area contributed by atoms with Crippen molar-refractivity contribution in [3.63, 3.8) is 0 Å². The molecule has 0 aliphatic carbocycles. The Morgan fingerprint density at radius 1 is 1.47 bits per heavy atom. The Kier molecular flexibility index (Phi) is 3.68. The van der Waals surface area contributed by atoms with Crippen LogP contribution in [0.3, 0.4) is 0 Å². The number of amides is 1. The van der Waals surface area contributed by atoms with Crippen LogP contribution in [0.1, 0.15) is 16.8 Å². The lowest BCUT2D eigenvalue weighted by Gasteiger charge is -2.22. The van der Waals surface area contributed by atoms with Gasteiger partial charge in [-0.05, 0) is 18.4 Å². The fraction of sp³-hybridized carbons (Fsp3) is 0.333. The van der Waals surface area contributed by atoms with Crippen molar-refractivity contribution in [2.45, 2.75) is 12.6 Å². The molecular formula is C12H14N2O2S. The summed E-state index contributed by atoms with van der Waals surface area (Å²) in [6.45, 7) is 0. The Hall–Kier alpha value is -1.49. The second-order valence-electron chi connectivity index (χ2n) is 3.74. The van der Waals surface area contributed by atoms with Crippen molar-refractivity contribution in [3.05, 3.63) is 35.9 Å². The minimum Gasteiger partial charge on any atom is -0.369 e. The summed E-state index contributed by atoms with van der Waals surface area (Å²) in [6, 6.07) is 9.17. The molecule has 0 saturated carbocycles. The minimum atomic E-state index is -0.287. The fourth-order valence-electron chi connectivity index (χ4n) is 1.59. The third-order valence-electron chi connectivity index (χ3n) is 2.63. The van der Waals surface area contributed by atoms with Gasteiger partial charge in [-0.15, -0.1) is 11.8 Å². The molecule has 0 saturated heterocycles. The summed E-state index contributed by atoms with van der Waals surface area (Å²) in [7, 11) is 1.73. The summed E-state index contributed by atoms with van der Waals surface area (Å²) in [5.74, 6) is -0.0480. The predicted octanol–water partition coefficient (Wildman–Crippen LogP) is 2.18. The van der Waals surface area contributed by atoms with E-state index in [4.69, 9.17) is 4.84 Å². The first kappa shape index (κ1) is 12.0. The van der Waals surface area contributed by atoms with Gasteiger partial charge in [0.15, 0.2) is 0 Å². The topological polar surface area (TPSA) is 41.9 Å². The smallest absolute Gasteiger partial charge is 0.256 e. The molecule has 1 aliphatic rings. The van der Waals surface area contributed by atoms with Gasteiger partial charge in [-0.2, -0.15) is 0 Å². The molecule has 2 rings (SSSR count). The Morgan fingerprint density at radius 2 is 2.18 bits per heavy atom. The number of thioether (sulfide) groups is 1. The van der Waals surface area contributed by atoms with Crippen molar-refractivity contribution in [1.29, 1.82) is 0 Å². The number of hydrogen-bond acceptors (Lipinski definition) is 4. The average molecular weight is 250 g/mol. The lowest BCUT2D eigenvalue weighted by Crippen LogP contribution is -2.37. The summed E-state index contributed by atoms with van der Waals surface area (Å²) in [5.41, 5.74) is 0.663. The van der Waals surface area contributed by atoms with Crippen LogP contribution in [0, 0.1) is 0 Å². The van der Waals surface area contributed by atoms with Crippen LogP contribution in [0.15, 0.2) is 35.5 Å². The van der Waals surface area contributed by atoms with Gasteiger partial charge in [0, 0.05) is 12.6 Å². The first-order valence-electron chi connectivity index (χ1n) is 5.31. The average Bonchev–Trinajstić information content (AvgIpc) is 2.87. The monoisotopic (exact) mass is 250 g/mol. The van der Waals surface area contributed by atoms with E-state index in [1.165, 1.54) is 0 Å². The highest BCUT2D eigenvalue weighted by atomic mass is 32.2. The van der Waals surface area contributed by atoms with Gasteiger partial charge in [-0.3, -0.25) is 4.79 Å². The van der Waals surface area contributed by atoms with Crippen molar-refractivity contribution in [3.8, 4) is 0 Å². The third kappa shape index (κ3) is 2.61. The number of carbonyl (C=O) groups is 1. The molecular weight excluding hydrogens is 236 g/mol. The molecule has 0 spiro atoms. The van der Waals surface area contributed by atoms with Gasteiger partial charge >= 0.3 is 0 Å². The van der Waals surface area contributed by atoms with Gasteiger partial charge in [-0.1, -0.05) is 23.4 Å². The summed E-state index contributed by atoms with van der Waals surface area (Å²) in [5, 5.41) is 4.84. The van der Waals surface area contributed by atoms with Crippen molar-refractivity contribution in [2.24, 2.45) is 5.16 Å². The Morgan fingerprint density at radius 3 is 2.76 bits per heavy atom. The molecule has 1 heterocycles. The summed E-state index contributed by atoms with van der Waals surface area (Å²) in [6.07, 6.45) is 2.32. The van der Waals surface area contributed by atoms with Gasteiger partial charge < -0.3 is 9.74 Å². The van der Waals surface area contributed by atoms with Crippen LogP contribution >= 0.6 is 11.8 Å². The molecule has 1 atom stereocenters. The number of hydrogen-bond donors (Lipinski definition) is 0. The maximum absolute atomic E-state index is 12.1. The van der Waals surface area contributed by atoms with Crippen molar-refractivity contribution < 1.29 is 9.63 Å². The molecule has 0 N–H and O–H groups in total. The van der Waals surface area contributed by atoms with Crippen LogP contribution < -0.4 is 0 Å². The zero-order chi connectivity index (χ0) is 12.3. The summed E-state index contributed by atoms with van der Waals surface area (Å²) >= 11 is 1.55. The molecule has 90 valence electrons. The summed E-state index contributed by atoms with van der Waals surface area (Å²) < 4.78 is 0. The van der Waals surface area contributed by atoms with E-state index >= 15 is 0 Å². The molecule has 1 unspecified atom stereocenters. The number of rotatable bonds is 2. The first-order chi connectivity index (χ1) is 8.22. The second-order valence-corrected chi connectivity index (χ2v) is 4.61. The normalized spacial score (nSPS) is 18.5. The largest absolute Gasteiger partial charge is 0.369 e. The van der Waals surface area contributed by atoms with E-state index in [2.05, 4.69) is 5.16 Å².